The summed E-state index contributed by atoms with van der Waals surface area (Å²) >= 11 is 0. The summed E-state index contributed by atoms with van der Waals surface area (Å²) in [5.74, 6) is -0.299. The van der Waals surface area contributed by atoms with E-state index in [1.807, 2.05) is 0 Å². The number of carbonyl (C=O) groups is 1. The number of carboxylic acid groups (broad SMARTS) is 1. The van der Waals surface area contributed by atoms with Gasteiger partial charge in [-0.05, 0) is 26.2 Å². The smallest absolute Gasteiger partial charge is 0.320 e. The topological polar surface area (TPSA) is 102 Å². The second-order valence-corrected chi connectivity index (χ2v) is 4.80. The van der Waals surface area contributed by atoms with Crippen LogP contribution in [0.25, 0.3) is 0 Å². The second kappa shape index (κ2) is 9.88. The highest BCUT2D eigenvalue weighted by molar-refractivity contribution is 5.77. The molecular formula is C13H27N3O2. The third-order valence-electron chi connectivity index (χ3n) is 2.90. The van der Waals surface area contributed by atoms with Crippen LogP contribution in [0.2, 0.25) is 0 Å². The number of aliphatic carboxylic acids is 1. The van der Waals surface area contributed by atoms with Crippen LogP contribution in [0.3, 0.4) is 0 Å². The van der Waals surface area contributed by atoms with Crippen molar-refractivity contribution in [1.29, 1.82) is 0 Å². The quantitative estimate of drug-likeness (QED) is 0.316. The summed E-state index contributed by atoms with van der Waals surface area (Å²) in [6.45, 7) is 3.96. The summed E-state index contributed by atoms with van der Waals surface area (Å²) in [4.78, 5) is 15.0. The lowest BCUT2D eigenvalue weighted by atomic mass is 10.0. The van der Waals surface area contributed by atoms with Gasteiger partial charge in [-0.2, -0.15) is 0 Å². The standard InChI is InChI=1S/C13H27N3O2/c1-3-4-7-11(16-10(2)14)8-5-6-9-12(15)13(17)18/h11-12H,3-9,15H2,1-2H3,(H2,14,16)(H,17,18)/t11-,12-/m0/s1. The Morgan fingerprint density at radius 1 is 1.22 bits per heavy atom. The van der Waals surface area contributed by atoms with E-state index in [1.54, 1.807) is 6.92 Å². The predicted molar refractivity (Wildman–Crippen MR) is 74.7 cm³/mol. The van der Waals surface area contributed by atoms with E-state index in [0.29, 0.717) is 12.3 Å². The summed E-state index contributed by atoms with van der Waals surface area (Å²) in [6, 6.07) is -0.463. The summed E-state index contributed by atoms with van der Waals surface area (Å²) in [6.07, 6.45) is 6.62. The zero-order chi connectivity index (χ0) is 14.0. The Morgan fingerprint density at radius 2 is 1.78 bits per heavy atom. The molecule has 0 aromatic carbocycles. The average molecular weight is 257 g/mol. The lowest BCUT2D eigenvalue weighted by molar-refractivity contribution is -0.138. The minimum Gasteiger partial charge on any atom is -0.480 e. The van der Waals surface area contributed by atoms with E-state index in [4.69, 9.17) is 16.6 Å². The molecule has 5 nitrogen and oxygen atoms in total. The maximum atomic E-state index is 10.6. The van der Waals surface area contributed by atoms with Gasteiger partial charge >= 0.3 is 5.97 Å². The molecule has 0 fully saturated rings. The molecule has 0 aliphatic rings. The van der Waals surface area contributed by atoms with E-state index in [0.717, 1.165) is 38.5 Å². The molecule has 106 valence electrons. The average Bonchev–Trinajstić information content (AvgIpc) is 2.29. The largest absolute Gasteiger partial charge is 0.480 e. The van der Waals surface area contributed by atoms with Gasteiger partial charge in [0, 0.05) is 0 Å². The normalized spacial score (nSPS) is 15.4. The van der Waals surface area contributed by atoms with E-state index >= 15 is 0 Å². The third kappa shape index (κ3) is 8.98. The van der Waals surface area contributed by atoms with Gasteiger partial charge in [-0.1, -0.05) is 32.6 Å². The predicted octanol–water partition coefficient (Wildman–Crippen LogP) is 1.89. The van der Waals surface area contributed by atoms with Crippen molar-refractivity contribution in [2.45, 2.75) is 70.9 Å². The van der Waals surface area contributed by atoms with Gasteiger partial charge in [-0.3, -0.25) is 9.79 Å². The first-order chi connectivity index (χ1) is 8.47. The van der Waals surface area contributed by atoms with Crippen LogP contribution in [-0.4, -0.2) is 29.0 Å². The fourth-order valence-electron chi connectivity index (χ4n) is 1.87. The van der Waals surface area contributed by atoms with Crippen molar-refractivity contribution in [3.8, 4) is 0 Å². The van der Waals surface area contributed by atoms with Crippen LogP contribution in [0.5, 0.6) is 0 Å². The minimum absolute atomic E-state index is 0.274. The highest BCUT2D eigenvalue weighted by Crippen LogP contribution is 2.14. The first kappa shape index (κ1) is 16.9. The zero-order valence-corrected chi connectivity index (χ0v) is 11.6. The zero-order valence-electron chi connectivity index (χ0n) is 11.6. The number of rotatable bonds is 10. The molecule has 0 radical (unpaired) electrons. The van der Waals surface area contributed by atoms with Crippen LogP contribution >= 0.6 is 0 Å². The summed E-state index contributed by atoms with van der Waals surface area (Å²) in [5.41, 5.74) is 11.1. The fourth-order valence-corrected chi connectivity index (χ4v) is 1.87. The highest BCUT2D eigenvalue weighted by atomic mass is 16.4. The molecule has 0 heterocycles. The Bertz CT molecular complexity index is 263. The van der Waals surface area contributed by atoms with E-state index in [1.165, 1.54) is 0 Å². The molecule has 0 aromatic rings. The third-order valence-corrected chi connectivity index (χ3v) is 2.90. The van der Waals surface area contributed by atoms with Crippen molar-refractivity contribution < 1.29 is 9.90 Å². The number of aliphatic imine (C=N–C) groups is 1. The molecule has 2 atom stereocenters. The van der Waals surface area contributed by atoms with Crippen molar-refractivity contribution in [3.63, 3.8) is 0 Å². The van der Waals surface area contributed by atoms with Gasteiger partial charge < -0.3 is 16.6 Å². The van der Waals surface area contributed by atoms with Crippen molar-refractivity contribution >= 4 is 11.8 Å². The molecule has 0 spiro atoms. The van der Waals surface area contributed by atoms with Crippen LogP contribution in [-0.2, 0) is 4.79 Å². The number of hydrogen-bond acceptors (Lipinski definition) is 3. The summed E-state index contributed by atoms with van der Waals surface area (Å²) < 4.78 is 0. The van der Waals surface area contributed by atoms with Crippen LogP contribution < -0.4 is 11.5 Å². The molecule has 0 aliphatic carbocycles. The van der Waals surface area contributed by atoms with Gasteiger partial charge in [0.15, 0.2) is 0 Å². The fraction of sp³-hybridized carbons (Fsp3) is 0.846. The van der Waals surface area contributed by atoms with Gasteiger partial charge in [-0.15, -0.1) is 0 Å². The second-order valence-electron chi connectivity index (χ2n) is 4.80. The molecule has 5 heteroatoms. The summed E-state index contributed by atoms with van der Waals surface area (Å²) in [7, 11) is 0. The number of unbranched alkanes of at least 4 members (excludes halogenated alkanes) is 2. The van der Waals surface area contributed by atoms with Crippen LogP contribution in [0, 0.1) is 0 Å². The molecule has 0 amide bonds. The highest BCUT2D eigenvalue weighted by Gasteiger charge is 2.11. The van der Waals surface area contributed by atoms with Gasteiger partial charge in [0.25, 0.3) is 0 Å². The van der Waals surface area contributed by atoms with Crippen molar-refractivity contribution in [1.82, 2.24) is 0 Å². The molecule has 0 aliphatic heterocycles. The monoisotopic (exact) mass is 257 g/mol. The summed E-state index contributed by atoms with van der Waals surface area (Å²) in [5, 5.41) is 8.66. The number of carboxylic acids is 1. The number of hydrogen-bond donors (Lipinski definition) is 3. The Balaban J connectivity index is 3.89. The molecular weight excluding hydrogens is 230 g/mol. The molecule has 0 saturated carbocycles. The molecule has 18 heavy (non-hydrogen) atoms. The van der Waals surface area contributed by atoms with E-state index in [-0.39, 0.29) is 6.04 Å². The Kier molecular flexibility index (Phi) is 9.28. The lowest BCUT2D eigenvalue weighted by Gasteiger charge is -2.13. The Hall–Kier alpha value is -1.10. The van der Waals surface area contributed by atoms with Gasteiger partial charge in [0.05, 0.1) is 11.9 Å². The maximum Gasteiger partial charge on any atom is 0.320 e. The molecule has 5 N–H and O–H groups in total. The Morgan fingerprint density at radius 3 is 2.28 bits per heavy atom. The van der Waals surface area contributed by atoms with Crippen LogP contribution in [0.1, 0.15) is 58.8 Å². The maximum absolute atomic E-state index is 10.6. The number of amidine groups is 1. The van der Waals surface area contributed by atoms with Crippen LogP contribution in [0.4, 0.5) is 0 Å². The van der Waals surface area contributed by atoms with E-state index in [2.05, 4.69) is 11.9 Å². The van der Waals surface area contributed by atoms with Gasteiger partial charge in [0.2, 0.25) is 0 Å². The van der Waals surface area contributed by atoms with Crippen molar-refractivity contribution in [2.75, 3.05) is 0 Å². The van der Waals surface area contributed by atoms with Crippen LogP contribution in [0.15, 0.2) is 4.99 Å². The van der Waals surface area contributed by atoms with Crippen molar-refractivity contribution in [3.05, 3.63) is 0 Å². The van der Waals surface area contributed by atoms with Gasteiger partial charge in [-0.25, -0.2) is 0 Å². The van der Waals surface area contributed by atoms with E-state index < -0.39 is 12.0 Å². The number of nitrogens with two attached hydrogens (primary N) is 2. The first-order valence-corrected chi connectivity index (χ1v) is 6.75. The molecule has 0 bridgehead atoms. The van der Waals surface area contributed by atoms with E-state index in [9.17, 15) is 4.79 Å². The van der Waals surface area contributed by atoms with Gasteiger partial charge in [0.1, 0.15) is 6.04 Å². The molecule has 0 aromatic heterocycles. The first-order valence-electron chi connectivity index (χ1n) is 6.75. The molecule has 0 rings (SSSR count). The number of nitrogens with zero attached hydrogens (tertiary/aromatic N) is 1. The SMILES string of the molecule is CCCC[C@@H](CCCC[C@H](N)C(=O)O)N=C(C)N. The lowest BCUT2D eigenvalue weighted by Crippen LogP contribution is -2.29. The van der Waals surface area contributed by atoms with Crippen molar-refractivity contribution in [2.24, 2.45) is 16.5 Å². The minimum atomic E-state index is -0.923. The Labute approximate surface area is 110 Å². The molecule has 0 unspecified atom stereocenters. The molecule has 0 saturated heterocycles.